The number of nitrogens with two attached hydrogens (primary N) is 1. The van der Waals surface area contributed by atoms with Gasteiger partial charge in [0.15, 0.2) is 5.78 Å². The second kappa shape index (κ2) is 5.72. The smallest absolute Gasteiger partial charge is 0.195 e. The SMILES string of the molecule is CCC(C)(C)c1ccc(C(=O)c2cccc(C)c2N)cc1. The third kappa shape index (κ3) is 2.99. The standard InChI is InChI=1S/C19H23NO/c1-5-19(3,4)15-11-9-14(10-12-15)18(21)16-8-6-7-13(2)17(16)20/h6-12H,5,20H2,1-4H3. The number of hydrogen-bond acceptors (Lipinski definition) is 2. The van der Waals surface area contributed by atoms with E-state index in [1.807, 2.05) is 43.3 Å². The van der Waals surface area contributed by atoms with E-state index in [1.165, 1.54) is 5.56 Å². The van der Waals surface area contributed by atoms with Gasteiger partial charge in [0.25, 0.3) is 0 Å². The predicted molar refractivity (Wildman–Crippen MR) is 88.8 cm³/mol. The van der Waals surface area contributed by atoms with Gasteiger partial charge in [-0.2, -0.15) is 0 Å². The summed E-state index contributed by atoms with van der Waals surface area (Å²) in [5.41, 5.74) is 10.2. The van der Waals surface area contributed by atoms with Gasteiger partial charge in [-0.05, 0) is 36.0 Å². The summed E-state index contributed by atoms with van der Waals surface area (Å²) in [5.74, 6) is -0.0166. The Bertz CT molecular complexity index is 654. The van der Waals surface area contributed by atoms with Crippen LogP contribution in [0.1, 0.15) is 54.2 Å². The molecule has 21 heavy (non-hydrogen) atoms. The number of para-hydroxylation sites is 1. The number of benzene rings is 2. The maximum Gasteiger partial charge on any atom is 0.195 e. The Balaban J connectivity index is 2.35. The molecule has 2 heteroatoms. The Morgan fingerprint density at radius 3 is 2.29 bits per heavy atom. The third-order valence-corrected chi connectivity index (χ3v) is 4.38. The molecular formula is C19H23NO. The van der Waals surface area contributed by atoms with E-state index in [0.717, 1.165) is 12.0 Å². The lowest BCUT2D eigenvalue weighted by Gasteiger charge is -2.23. The van der Waals surface area contributed by atoms with Gasteiger partial charge in [0.05, 0.1) is 0 Å². The van der Waals surface area contributed by atoms with Crippen molar-refractivity contribution < 1.29 is 4.79 Å². The molecular weight excluding hydrogens is 258 g/mol. The average molecular weight is 281 g/mol. The highest BCUT2D eigenvalue weighted by Gasteiger charge is 2.19. The summed E-state index contributed by atoms with van der Waals surface area (Å²) >= 11 is 0. The first kappa shape index (κ1) is 15.3. The van der Waals surface area contributed by atoms with Crippen LogP contribution in [0.5, 0.6) is 0 Å². The first-order valence-electron chi connectivity index (χ1n) is 7.37. The van der Waals surface area contributed by atoms with Crippen LogP contribution < -0.4 is 5.73 Å². The van der Waals surface area contributed by atoms with Gasteiger partial charge in [-0.25, -0.2) is 0 Å². The monoisotopic (exact) mass is 281 g/mol. The Morgan fingerprint density at radius 1 is 1.10 bits per heavy atom. The van der Waals surface area contributed by atoms with Crippen molar-refractivity contribution in [2.45, 2.75) is 39.5 Å². The van der Waals surface area contributed by atoms with Crippen LogP contribution in [0, 0.1) is 6.92 Å². The zero-order valence-corrected chi connectivity index (χ0v) is 13.2. The van der Waals surface area contributed by atoms with Gasteiger partial charge in [-0.1, -0.05) is 57.2 Å². The fourth-order valence-electron chi connectivity index (χ4n) is 2.31. The molecule has 110 valence electrons. The summed E-state index contributed by atoms with van der Waals surface area (Å²) in [6.45, 7) is 8.51. The van der Waals surface area contributed by atoms with Crippen LogP contribution in [0.4, 0.5) is 5.69 Å². The molecule has 2 N–H and O–H groups in total. The van der Waals surface area contributed by atoms with E-state index in [0.29, 0.717) is 16.8 Å². The van der Waals surface area contributed by atoms with E-state index in [2.05, 4.69) is 20.8 Å². The highest BCUT2D eigenvalue weighted by atomic mass is 16.1. The van der Waals surface area contributed by atoms with Crippen LogP contribution >= 0.6 is 0 Å². The molecule has 0 atom stereocenters. The summed E-state index contributed by atoms with van der Waals surface area (Å²) in [4.78, 5) is 12.6. The molecule has 0 bridgehead atoms. The average Bonchev–Trinajstić information content (AvgIpc) is 2.49. The van der Waals surface area contributed by atoms with E-state index >= 15 is 0 Å². The fraction of sp³-hybridized carbons (Fsp3) is 0.316. The Kier molecular flexibility index (Phi) is 4.17. The largest absolute Gasteiger partial charge is 0.398 e. The Morgan fingerprint density at radius 2 is 1.71 bits per heavy atom. The highest BCUT2D eigenvalue weighted by Crippen LogP contribution is 2.27. The molecule has 0 spiro atoms. The number of rotatable bonds is 4. The minimum atomic E-state index is -0.0166. The number of nitrogen functional groups attached to an aromatic ring is 1. The third-order valence-electron chi connectivity index (χ3n) is 4.38. The van der Waals surface area contributed by atoms with Gasteiger partial charge in [0, 0.05) is 16.8 Å². The number of anilines is 1. The lowest BCUT2D eigenvalue weighted by atomic mass is 9.82. The van der Waals surface area contributed by atoms with Crippen LogP contribution in [-0.2, 0) is 5.41 Å². The van der Waals surface area contributed by atoms with Gasteiger partial charge in [0.2, 0.25) is 0 Å². The van der Waals surface area contributed by atoms with Crippen molar-refractivity contribution in [2.75, 3.05) is 5.73 Å². The highest BCUT2D eigenvalue weighted by molar-refractivity contribution is 6.12. The topological polar surface area (TPSA) is 43.1 Å². The molecule has 0 radical (unpaired) electrons. The van der Waals surface area contributed by atoms with E-state index in [9.17, 15) is 4.79 Å². The van der Waals surface area contributed by atoms with Crippen LogP contribution in [0.15, 0.2) is 42.5 Å². The van der Waals surface area contributed by atoms with Crippen molar-refractivity contribution in [1.29, 1.82) is 0 Å². The molecule has 0 fully saturated rings. The molecule has 0 amide bonds. The molecule has 0 unspecified atom stereocenters. The number of carbonyl (C=O) groups is 1. The van der Waals surface area contributed by atoms with Gasteiger partial charge in [-0.3, -0.25) is 4.79 Å². The predicted octanol–water partition coefficient (Wildman–Crippen LogP) is 4.50. The van der Waals surface area contributed by atoms with Crippen molar-refractivity contribution in [1.82, 2.24) is 0 Å². The quantitative estimate of drug-likeness (QED) is 0.662. The molecule has 0 aliphatic rings. The van der Waals surface area contributed by atoms with Gasteiger partial charge < -0.3 is 5.73 Å². The minimum absolute atomic E-state index is 0.0166. The lowest BCUT2D eigenvalue weighted by Crippen LogP contribution is -2.15. The molecule has 0 heterocycles. The zero-order chi connectivity index (χ0) is 15.6. The van der Waals surface area contributed by atoms with Crippen molar-refractivity contribution in [3.8, 4) is 0 Å². The van der Waals surface area contributed by atoms with E-state index in [4.69, 9.17) is 5.73 Å². The number of aryl methyl sites for hydroxylation is 1. The second-order valence-corrected chi connectivity index (χ2v) is 6.18. The van der Waals surface area contributed by atoms with Crippen LogP contribution in [0.25, 0.3) is 0 Å². The molecule has 2 nitrogen and oxygen atoms in total. The first-order chi connectivity index (χ1) is 9.86. The Hall–Kier alpha value is -2.09. The summed E-state index contributed by atoms with van der Waals surface area (Å²) in [6, 6.07) is 13.5. The van der Waals surface area contributed by atoms with Gasteiger partial charge in [0.1, 0.15) is 0 Å². The number of hydrogen-bond donors (Lipinski definition) is 1. The van der Waals surface area contributed by atoms with E-state index < -0.39 is 0 Å². The maximum absolute atomic E-state index is 12.6. The summed E-state index contributed by atoms with van der Waals surface area (Å²) < 4.78 is 0. The van der Waals surface area contributed by atoms with Crippen molar-refractivity contribution >= 4 is 11.5 Å². The molecule has 0 aliphatic carbocycles. The van der Waals surface area contributed by atoms with Crippen LogP contribution in [-0.4, -0.2) is 5.78 Å². The molecule has 2 aromatic carbocycles. The molecule has 2 aromatic rings. The maximum atomic E-state index is 12.6. The molecule has 0 aromatic heterocycles. The summed E-state index contributed by atoms with van der Waals surface area (Å²) in [7, 11) is 0. The van der Waals surface area contributed by atoms with E-state index in [-0.39, 0.29) is 11.2 Å². The van der Waals surface area contributed by atoms with Crippen LogP contribution in [0.2, 0.25) is 0 Å². The van der Waals surface area contributed by atoms with Crippen LogP contribution in [0.3, 0.4) is 0 Å². The van der Waals surface area contributed by atoms with Crippen molar-refractivity contribution in [2.24, 2.45) is 0 Å². The molecule has 2 rings (SSSR count). The van der Waals surface area contributed by atoms with Gasteiger partial charge in [-0.15, -0.1) is 0 Å². The minimum Gasteiger partial charge on any atom is -0.398 e. The zero-order valence-electron chi connectivity index (χ0n) is 13.2. The summed E-state index contributed by atoms with van der Waals surface area (Å²) in [5, 5.41) is 0. The molecule has 0 aliphatic heterocycles. The first-order valence-corrected chi connectivity index (χ1v) is 7.37. The fourth-order valence-corrected chi connectivity index (χ4v) is 2.31. The van der Waals surface area contributed by atoms with E-state index in [1.54, 1.807) is 6.07 Å². The number of carbonyl (C=O) groups excluding carboxylic acids is 1. The number of ketones is 1. The lowest BCUT2D eigenvalue weighted by molar-refractivity contribution is 0.103. The second-order valence-electron chi connectivity index (χ2n) is 6.18. The van der Waals surface area contributed by atoms with Gasteiger partial charge >= 0.3 is 0 Å². The normalized spacial score (nSPS) is 11.4. The Labute approximate surface area is 127 Å². The van der Waals surface area contributed by atoms with Crippen molar-refractivity contribution in [3.63, 3.8) is 0 Å². The van der Waals surface area contributed by atoms with Crippen molar-refractivity contribution in [3.05, 3.63) is 64.7 Å². The molecule has 0 saturated carbocycles. The summed E-state index contributed by atoms with van der Waals surface area (Å²) in [6.07, 6.45) is 1.06. The molecule has 0 saturated heterocycles.